The van der Waals surface area contributed by atoms with Crippen LogP contribution in [-0.2, 0) is 6.42 Å². The van der Waals surface area contributed by atoms with Crippen LogP contribution < -0.4 is 15.5 Å². The van der Waals surface area contributed by atoms with E-state index in [1.165, 1.54) is 0 Å². The van der Waals surface area contributed by atoms with Gasteiger partial charge in [-0.15, -0.1) is 0 Å². The molecular formula is C22H28N4O4. The van der Waals surface area contributed by atoms with Gasteiger partial charge >= 0.3 is 0 Å². The van der Waals surface area contributed by atoms with E-state index in [4.69, 9.17) is 0 Å². The number of piperazine rings is 1. The lowest BCUT2D eigenvalue weighted by Crippen LogP contribution is -2.49. The number of nitro groups is 1. The van der Waals surface area contributed by atoms with Crippen molar-refractivity contribution in [2.24, 2.45) is 0 Å². The molecule has 160 valence electrons. The Bertz CT molecular complexity index is 844. The van der Waals surface area contributed by atoms with Crippen LogP contribution >= 0.6 is 0 Å². The molecule has 8 heteroatoms. The van der Waals surface area contributed by atoms with Gasteiger partial charge < -0.3 is 20.6 Å². The van der Waals surface area contributed by atoms with Gasteiger partial charge in [0.25, 0.3) is 5.91 Å². The van der Waals surface area contributed by atoms with Gasteiger partial charge in [0.15, 0.2) is 0 Å². The molecule has 1 saturated heterocycles. The first kappa shape index (κ1) is 21.7. The van der Waals surface area contributed by atoms with E-state index in [1.54, 1.807) is 12.1 Å². The monoisotopic (exact) mass is 412 g/mol. The second-order valence-corrected chi connectivity index (χ2v) is 7.70. The van der Waals surface area contributed by atoms with E-state index in [-0.39, 0.29) is 5.91 Å². The van der Waals surface area contributed by atoms with Crippen LogP contribution in [-0.4, -0.2) is 60.3 Å². The Balaban J connectivity index is 1.68. The summed E-state index contributed by atoms with van der Waals surface area (Å²) in [6, 6.07) is 16.2. The summed E-state index contributed by atoms with van der Waals surface area (Å²) in [5, 5.41) is 27.3. The second kappa shape index (κ2) is 10.2. The molecule has 1 unspecified atom stereocenters. The van der Waals surface area contributed by atoms with Crippen LogP contribution in [0.15, 0.2) is 54.6 Å². The van der Waals surface area contributed by atoms with Crippen LogP contribution in [0, 0.1) is 10.1 Å². The molecule has 0 aromatic heterocycles. The number of benzene rings is 2. The molecule has 0 radical (unpaired) electrons. The summed E-state index contributed by atoms with van der Waals surface area (Å²) in [5.41, 5.74) is 2.38. The van der Waals surface area contributed by atoms with Crippen LogP contribution in [0.25, 0.3) is 0 Å². The van der Waals surface area contributed by atoms with Crippen molar-refractivity contribution in [3.63, 3.8) is 0 Å². The molecule has 2 aromatic carbocycles. The Morgan fingerprint density at radius 1 is 1.27 bits per heavy atom. The molecule has 1 fully saturated rings. The third-order valence-corrected chi connectivity index (χ3v) is 5.28. The Hall–Kier alpha value is -2.97. The lowest BCUT2D eigenvalue weighted by Gasteiger charge is -2.33. The van der Waals surface area contributed by atoms with E-state index in [0.29, 0.717) is 18.0 Å². The minimum atomic E-state index is -1.29. The third-order valence-electron chi connectivity index (χ3n) is 5.28. The highest BCUT2D eigenvalue weighted by atomic mass is 16.6. The van der Waals surface area contributed by atoms with Gasteiger partial charge in [-0.1, -0.05) is 30.3 Å². The highest BCUT2D eigenvalue weighted by Gasteiger charge is 2.26. The summed E-state index contributed by atoms with van der Waals surface area (Å²) in [4.78, 5) is 25.3. The molecule has 0 saturated carbocycles. The fourth-order valence-electron chi connectivity index (χ4n) is 3.67. The maximum absolute atomic E-state index is 12.8. The van der Waals surface area contributed by atoms with Gasteiger partial charge in [-0.25, -0.2) is 0 Å². The summed E-state index contributed by atoms with van der Waals surface area (Å²) < 4.78 is 0. The summed E-state index contributed by atoms with van der Waals surface area (Å²) in [6.45, 7) is 4.23. The van der Waals surface area contributed by atoms with Crippen LogP contribution in [0.4, 0.5) is 5.69 Å². The Labute approximate surface area is 176 Å². The normalized spacial score (nSPS) is 18.5. The molecule has 0 aliphatic carbocycles. The topological polar surface area (TPSA) is 108 Å². The fourth-order valence-corrected chi connectivity index (χ4v) is 3.67. The molecule has 0 bridgehead atoms. The van der Waals surface area contributed by atoms with Crippen molar-refractivity contribution in [2.45, 2.75) is 31.5 Å². The summed E-state index contributed by atoms with van der Waals surface area (Å²) in [7, 11) is 0. The minimum absolute atomic E-state index is 0.304. The van der Waals surface area contributed by atoms with Crippen LogP contribution in [0.1, 0.15) is 22.8 Å². The number of anilines is 1. The van der Waals surface area contributed by atoms with Crippen LogP contribution in [0.5, 0.6) is 0 Å². The first-order valence-electron chi connectivity index (χ1n) is 10.2. The average Bonchev–Trinajstić information content (AvgIpc) is 2.73. The van der Waals surface area contributed by atoms with Gasteiger partial charge in [0.05, 0.1) is 6.04 Å². The Kier molecular flexibility index (Phi) is 7.37. The van der Waals surface area contributed by atoms with Gasteiger partial charge in [0.1, 0.15) is 6.10 Å². The number of nitrogens with one attached hydrogen (secondary N) is 2. The van der Waals surface area contributed by atoms with Gasteiger partial charge in [-0.2, -0.15) is 0 Å². The van der Waals surface area contributed by atoms with Gasteiger partial charge in [-0.3, -0.25) is 14.9 Å². The van der Waals surface area contributed by atoms with Gasteiger partial charge in [-0.05, 0) is 43.2 Å². The molecule has 1 aliphatic heterocycles. The van der Waals surface area contributed by atoms with Crippen LogP contribution in [0.2, 0.25) is 0 Å². The van der Waals surface area contributed by atoms with E-state index in [2.05, 4.69) is 22.5 Å². The van der Waals surface area contributed by atoms with E-state index in [1.807, 2.05) is 42.5 Å². The lowest BCUT2D eigenvalue weighted by molar-refractivity contribution is -0.491. The average molecular weight is 412 g/mol. The second-order valence-electron chi connectivity index (χ2n) is 7.70. The highest BCUT2D eigenvalue weighted by molar-refractivity contribution is 5.94. The first-order valence-corrected chi connectivity index (χ1v) is 10.2. The molecule has 3 rings (SSSR count). The standard InChI is InChI=1S/C22H28N4O4/c1-16-14-25(12-11-23-16)19-9-7-18(8-10-19)22(28)24-20(21(27)15-26(29)30)13-17-5-3-2-4-6-17/h2-10,16,20-21,23,27H,11-15H2,1H3,(H,24,28)/t16?,20-,21+/m0/s1. The minimum Gasteiger partial charge on any atom is -0.384 e. The smallest absolute Gasteiger partial charge is 0.251 e. The predicted molar refractivity (Wildman–Crippen MR) is 115 cm³/mol. The molecule has 30 heavy (non-hydrogen) atoms. The van der Waals surface area contributed by atoms with Crippen molar-refractivity contribution in [2.75, 3.05) is 31.1 Å². The molecule has 3 N–H and O–H groups in total. The zero-order valence-electron chi connectivity index (χ0n) is 17.0. The third kappa shape index (κ3) is 6.01. The highest BCUT2D eigenvalue weighted by Crippen LogP contribution is 2.17. The zero-order valence-corrected chi connectivity index (χ0v) is 17.0. The number of aliphatic hydroxyl groups is 1. The largest absolute Gasteiger partial charge is 0.384 e. The molecule has 1 amide bonds. The molecule has 0 spiro atoms. The fraction of sp³-hybridized carbons (Fsp3) is 0.409. The number of nitrogens with zero attached hydrogens (tertiary/aromatic N) is 2. The molecule has 1 aliphatic rings. The maximum atomic E-state index is 12.8. The van der Waals surface area contributed by atoms with Gasteiger partial charge in [0, 0.05) is 41.9 Å². The van der Waals surface area contributed by atoms with E-state index in [0.717, 1.165) is 30.9 Å². The Morgan fingerprint density at radius 3 is 2.60 bits per heavy atom. The van der Waals surface area contributed by atoms with Crippen molar-refractivity contribution >= 4 is 11.6 Å². The van der Waals surface area contributed by atoms with Crippen molar-refractivity contribution < 1.29 is 14.8 Å². The van der Waals surface area contributed by atoms with Crippen molar-refractivity contribution in [1.82, 2.24) is 10.6 Å². The molecule has 3 atom stereocenters. The van der Waals surface area contributed by atoms with Crippen molar-refractivity contribution in [3.8, 4) is 0 Å². The van der Waals surface area contributed by atoms with Crippen molar-refractivity contribution in [3.05, 3.63) is 75.8 Å². The number of amides is 1. The molecular weight excluding hydrogens is 384 g/mol. The maximum Gasteiger partial charge on any atom is 0.251 e. The number of rotatable bonds is 8. The first-order chi connectivity index (χ1) is 14.4. The number of carbonyl (C=O) groups is 1. The summed E-state index contributed by atoms with van der Waals surface area (Å²) in [5.74, 6) is -0.362. The zero-order chi connectivity index (χ0) is 21.5. The molecule has 8 nitrogen and oxygen atoms in total. The van der Waals surface area contributed by atoms with Crippen LogP contribution in [0.3, 0.4) is 0 Å². The number of hydrogen-bond acceptors (Lipinski definition) is 6. The quantitative estimate of drug-likeness (QED) is 0.448. The summed E-state index contributed by atoms with van der Waals surface area (Å²) >= 11 is 0. The Morgan fingerprint density at radius 2 is 1.97 bits per heavy atom. The number of carbonyl (C=O) groups excluding carboxylic acids is 1. The van der Waals surface area contributed by atoms with E-state index >= 15 is 0 Å². The predicted octanol–water partition coefficient (Wildman–Crippen LogP) is 1.46. The SMILES string of the molecule is CC1CN(c2ccc(C(=O)N[C@@H](Cc3ccccc3)[C@H](O)C[N+](=O)[O-])cc2)CCN1. The van der Waals surface area contributed by atoms with Crippen molar-refractivity contribution in [1.29, 1.82) is 0 Å². The van der Waals surface area contributed by atoms with Gasteiger partial charge in [0.2, 0.25) is 6.54 Å². The number of hydrogen-bond donors (Lipinski definition) is 3. The number of aliphatic hydroxyl groups excluding tert-OH is 1. The van der Waals surface area contributed by atoms with E-state index < -0.39 is 23.6 Å². The molecule has 2 aromatic rings. The summed E-state index contributed by atoms with van der Waals surface area (Å²) in [6.07, 6.45) is -0.982. The van der Waals surface area contributed by atoms with E-state index in [9.17, 15) is 20.0 Å². The lowest BCUT2D eigenvalue weighted by atomic mass is 10.0. The molecule has 1 heterocycles.